The van der Waals surface area contributed by atoms with E-state index in [2.05, 4.69) is 10.6 Å². The second kappa shape index (κ2) is 7.42. The van der Waals surface area contributed by atoms with Gasteiger partial charge in [0, 0.05) is 5.56 Å². The van der Waals surface area contributed by atoms with Gasteiger partial charge in [-0.3, -0.25) is 10.1 Å². The molecule has 2 rings (SSSR count). The van der Waals surface area contributed by atoms with Gasteiger partial charge in [-0.1, -0.05) is 18.2 Å². The number of carbonyl (C=O) groups is 1. The standard InChI is InChI=1S/C16H16N2O3S/c1-20-12-7-5-6-11(10-12)15(19)18-16(22)17-13-8-3-4-9-14(13)21-2/h3-10H,1-2H3,(H2,17,18,19,22). The van der Waals surface area contributed by atoms with E-state index in [4.69, 9.17) is 21.7 Å². The molecule has 0 saturated carbocycles. The molecular weight excluding hydrogens is 300 g/mol. The highest BCUT2D eigenvalue weighted by atomic mass is 32.1. The summed E-state index contributed by atoms with van der Waals surface area (Å²) in [6.07, 6.45) is 0. The van der Waals surface area contributed by atoms with Crippen molar-refractivity contribution >= 4 is 28.9 Å². The maximum atomic E-state index is 12.1. The van der Waals surface area contributed by atoms with Gasteiger partial charge in [0.15, 0.2) is 5.11 Å². The molecule has 0 aliphatic carbocycles. The molecule has 0 radical (unpaired) electrons. The number of ether oxygens (including phenoxy) is 2. The Bertz CT molecular complexity index is 689. The van der Waals surface area contributed by atoms with E-state index >= 15 is 0 Å². The molecule has 0 spiro atoms. The van der Waals surface area contributed by atoms with E-state index in [1.165, 1.54) is 0 Å². The van der Waals surface area contributed by atoms with Gasteiger partial charge in [0.2, 0.25) is 0 Å². The fourth-order valence-electron chi connectivity index (χ4n) is 1.84. The zero-order chi connectivity index (χ0) is 15.9. The molecule has 0 atom stereocenters. The van der Waals surface area contributed by atoms with Gasteiger partial charge in [-0.2, -0.15) is 0 Å². The van der Waals surface area contributed by atoms with Crippen LogP contribution in [0.1, 0.15) is 10.4 Å². The van der Waals surface area contributed by atoms with Crippen molar-refractivity contribution in [3.63, 3.8) is 0 Å². The smallest absolute Gasteiger partial charge is 0.257 e. The largest absolute Gasteiger partial charge is 0.497 e. The van der Waals surface area contributed by atoms with Crippen LogP contribution in [-0.2, 0) is 0 Å². The van der Waals surface area contributed by atoms with Crippen molar-refractivity contribution in [2.75, 3.05) is 19.5 Å². The number of carbonyl (C=O) groups excluding carboxylic acids is 1. The van der Waals surface area contributed by atoms with Crippen LogP contribution in [0, 0.1) is 0 Å². The van der Waals surface area contributed by atoms with E-state index in [1.807, 2.05) is 18.2 Å². The topological polar surface area (TPSA) is 59.6 Å². The number of anilines is 1. The van der Waals surface area contributed by atoms with Crippen LogP contribution in [0.2, 0.25) is 0 Å². The van der Waals surface area contributed by atoms with Crippen LogP contribution in [0.3, 0.4) is 0 Å². The summed E-state index contributed by atoms with van der Waals surface area (Å²) in [6, 6.07) is 14.1. The number of hydrogen-bond donors (Lipinski definition) is 2. The minimum atomic E-state index is -0.314. The number of thiocarbonyl (C=S) groups is 1. The zero-order valence-electron chi connectivity index (χ0n) is 12.3. The molecule has 114 valence electrons. The zero-order valence-corrected chi connectivity index (χ0v) is 13.1. The van der Waals surface area contributed by atoms with Crippen molar-refractivity contribution in [1.29, 1.82) is 0 Å². The van der Waals surface area contributed by atoms with Crippen LogP contribution in [0.25, 0.3) is 0 Å². The van der Waals surface area contributed by atoms with Crippen molar-refractivity contribution in [2.24, 2.45) is 0 Å². The highest BCUT2D eigenvalue weighted by molar-refractivity contribution is 7.80. The number of nitrogens with one attached hydrogen (secondary N) is 2. The van der Waals surface area contributed by atoms with E-state index in [-0.39, 0.29) is 11.0 Å². The third-order valence-corrected chi connectivity index (χ3v) is 3.12. The number of methoxy groups -OCH3 is 2. The van der Waals surface area contributed by atoms with Crippen LogP contribution in [0.5, 0.6) is 11.5 Å². The first-order chi connectivity index (χ1) is 10.6. The van der Waals surface area contributed by atoms with Crippen LogP contribution in [-0.4, -0.2) is 25.2 Å². The van der Waals surface area contributed by atoms with Crippen molar-refractivity contribution in [3.8, 4) is 11.5 Å². The minimum absolute atomic E-state index is 0.192. The number of rotatable bonds is 4. The Kier molecular flexibility index (Phi) is 5.32. The Hall–Kier alpha value is -2.60. The normalized spacial score (nSPS) is 9.73. The van der Waals surface area contributed by atoms with Crippen LogP contribution < -0.4 is 20.1 Å². The van der Waals surface area contributed by atoms with Gasteiger partial charge in [0.05, 0.1) is 19.9 Å². The van der Waals surface area contributed by atoms with Crippen molar-refractivity contribution in [2.45, 2.75) is 0 Å². The number of hydrogen-bond acceptors (Lipinski definition) is 4. The van der Waals surface area contributed by atoms with Gasteiger partial charge < -0.3 is 14.8 Å². The maximum Gasteiger partial charge on any atom is 0.257 e. The molecule has 22 heavy (non-hydrogen) atoms. The van der Waals surface area contributed by atoms with Crippen molar-refractivity contribution < 1.29 is 14.3 Å². The molecule has 2 aromatic carbocycles. The number of amides is 1. The molecule has 0 aliphatic heterocycles. The van der Waals surface area contributed by atoms with Crippen molar-refractivity contribution in [3.05, 3.63) is 54.1 Å². The maximum absolute atomic E-state index is 12.1. The first kappa shape index (κ1) is 15.8. The van der Waals surface area contributed by atoms with Crippen LogP contribution >= 0.6 is 12.2 Å². The third kappa shape index (κ3) is 3.95. The molecule has 6 heteroatoms. The second-order valence-electron chi connectivity index (χ2n) is 4.34. The number of benzene rings is 2. The molecule has 0 aliphatic rings. The summed E-state index contributed by atoms with van der Waals surface area (Å²) in [5.74, 6) is 0.933. The van der Waals surface area contributed by atoms with Gasteiger partial charge in [-0.05, 0) is 42.5 Å². The summed E-state index contributed by atoms with van der Waals surface area (Å²) in [4.78, 5) is 12.1. The van der Waals surface area contributed by atoms with Gasteiger partial charge in [0.25, 0.3) is 5.91 Å². The quantitative estimate of drug-likeness (QED) is 0.850. The lowest BCUT2D eigenvalue weighted by Crippen LogP contribution is -2.34. The van der Waals surface area contributed by atoms with Gasteiger partial charge in [-0.15, -0.1) is 0 Å². The van der Waals surface area contributed by atoms with E-state index in [0.29, 0.717) is 22.7 Å². The minimum Gasteiger partial charge on any atom is -0.497 e. The van der Waals surface area contributed by atoms with Gasteiger partial charge >= 0.3 is 0 Å². The van der Waals surface area contributed by atoms with E-state index < -0.39 is 0 Å². The first-order valence-corrected chi connectivity index (χ1v) is 6.94. The lowest BCUT2D eigenvalue weighted by atomic mass is 10.2. The van der Waals surface area contributed by atoms with Gasteiger partial charge in [0.1, 0.15) is 11.5 Å². The summed E-state index contributed by atoms with van der Waals surface area (Å²) in [5.41, 5.74) is 1.14. The highest BCUT2D eigenvalue weighted by Crippen LogP contribution is 2.22. The Morgan fingerprint density at radius 3 is 2.55 bits per heavy atom. The molecule has 1 amide bonds. The molecular formula is C16H16N2O3S. The summed E-state index contributed by atoms with van der Waals surface area (Å²) in [6.45, 7) is 0. The van der Waals surface area contributed by atoms with Crippen LogP contribution in [0.4, 0.5) is 5.69 Å². The molecule has 0 heterocycles. The Labute approximate surface area is 134 Å². The second-order valence-corrected chi connectivity index (χ2v) is 4.75. The summed E-state index contributed by atoms with van der Waals surface area (Å²) in [7, 11) is 3.11. The predicted molar refractivity (Wildman–Crippen MR) is 89.7 cm³/mol. The Morgan fingerprint density at radius 2 is 1.82 bits per heavy atom. The average molecular weight is 316 g/mol. The molecule has 0 saturated heterocycles. The molecule has 5 nitrogen and oxygen atoms in total. The summed E-state index contributed by atoms with van der Waals surface area (Å²) >= 11 is 5.15. The molecule has 2 N–H and O–H groups in total. The van der Waals surface area contributed by atoms with Crippen LogP contribution in [0.15, 0.2) is 48.5 Å². The Morgan fingerprint density at radius 1 is 1.05 bits per heavy atom. The highest BCUT2D eigenvalue weighted by Gasteiger charge is 2.10. The fraction of sp³-hybridized carbons (Fsp3) is 0.125. The fourth-order valence-corrected chi connectivity index (χ4v) is 2.04. The lowest BCUT2D eigenvalue weighted by Gasteiger charge is -2.12. The average Bonchev–Trinajstić information content (AvgIpc) is 2.55. The molecule has 0 aromatic heterocycles. The molecule has 0 fully saturated rings. The first-order valence-electron chi connectivity index (χ1n) is 6.53. The predicted octanol–water partition coefficient (Wildman–Crippen LogP) is 2.83. The van der Waals surface area contributed by atoms with Crippen molar-refractivity contribution in [1.82, 2.24) is 5.32 Å². The monoisotopic (exact) mass is 316 g/mol. The molecule has 0 bridgehead atoms. The van der Waals surface area contributed by atoms with E-state index in [0.717, 1.165) is 0 Å². The third-order valence-electron chi connectivity index (χ3n) is 2.91. The summed E-state index contributed by atoms with van der Waals surface area (Å²) in [5, 5.41) is 5.74. The Balaban J connectivity index is 2.03. The molecule has 0 unspecified atom stereocenters. The van der Waals surface area contributed by atoms with E-state index in [9.17, 15) is 4.79 Å². The SMILES string of the molecule is COc1cccc(C(=O)NC(=S)Nc2ccccc2OC)c1. The lowest BCUT2D eigenvalue weighted by molar-refractivity contribution is 0.0977. The summed E-state index contributed by atoms with van der Waals surface area (Å²) < 4.78 is 10.3. The van der Waals surface area contributed by atoms with Gasteiger partial charge in [-0.25, -0.2) is 0 Å². The van der Waals surface area contributed by atoms with E-state index in [1.54, 1.807) is 44.6 Å². The number of para-hydroxylation sites is 2. The molecule has 2 aromatic rings.